The van der Waals surface area contributed by atoms with Crippen LogP contribution in [0, 0.1) is 13.8 Å². The van der Waals surface area contributed by atoms with Crippen LogP contribution in [0.3, 0.4) is 0 Å². The standard InChI is InChI=1S/C30H27ClN2O6S/c1-4-38-26-14-20(6-12-25(26)39-17-28(35)32-23-11-5-18(2)19(3)13-23)15-27-29(36)33(30(37)40-27)16-24(34)21-7-9-22(31)10-8-21/h5-15H,4,16-17H2,1-3H3,(H,32,35)/b27-15+. The molecule has 0 aliphatic carbocycles. The summed E-state index contributed by atoms with van der Waals surface area (Å²) < 4.78 is 11.4. The monoisotopic (exact) mass is 578 g/mol. The summed E-state index contributed by atoms with van der Waals surface area (Å²) in [4.78, 5) is 51.6. The highest BCUT2D eigenvalue weighted by Gasteiger charge is 2.36. The van der Waals surface area contributed by atoms with Crippen LogP contribution in [-0.4, -0.2) is 47.5 Å². The molecule has 1 fully saturated rings. The van der Waals surface area contributed by atoms with Crippen molar-refractivity contribution in [2.24, 2.45) is 0 Å². The molecule has 0 unspecified atom stereocenters. The zero-order chi connectivity index (χ0) is 28.8. The van der Waals surface area contributed by atoms with E-state index in [9.17, 15) is 19.2 Å². The van der Waals surface area contributed by atoms with Crippen LogP contribution >= 0.6 is 23.4 Å². The van der Waals surface area contributed by atoms with E-state index in [0.29, 0.717) is 39.9 Å². The second-order valence-corrected chi connectivity index (χ2v) is 10.4. The molecule has 1 aliphatic heterocycles. The summed E-state index contributed by atoms with van der Waals surface area (Å²) >= 11 is 6.62. The number of Topliss-reactive ketones (excluding diaryl/α,β-unsaturated/α-hetero) is 1. The van der Waals surface area contributed by atoms with Crippen LogP contribution < -0.4 is 14.8 Å². The third-order valence-electron chi connectivity index (χ3n) is 6.06. The molecule has 0 spiro atoms. The van der Waals surface area contributed by atoms with Gasteiger partial charge in [0, 0.05) is 16.3 Å². The zero-order valence-corrected chi connectivity index (χ0v) is 23.7. The first kappa shape index (κ1) is 28.9. The van der Waals surface area contributed by atoms with Gasteiger partial charge in [0.05, 0.1) is 18.1 Å². The van der Waals surface area contributed by atoms with Gasteiger partial charge < -0.3 is 14.8 Å². The maximum absolute atomic E-state index is 12.9. The molecule has 1 heterocycles. The van der Waals surface area contributed by atoms with Gasteiger partial charge in [-0.3, -0.25) is 24.1 Å². The Kier molecular flexibility index (Phi) is 9.29. The van der Waals surface area contributed by atoms with Crippen molar-refractivity contribution in [3.8, 4) is 11.5 Å². The zero-order valence-electron chi connectivity index (χ0n) is 22.2. The fraction of sp³-hybridized carbons (Fsp3) is 0.200. The topological polar surface area (TPSA) is 102 Å². The third kappa shape index (κ3) is 7.11. The summed E-state index contributed by atoms with van der Waals surface area (Å²) in [5, 5.41) is 2.76. The van der Waals surface area contributed by atoms with Crippen molar-refractivity contribution in [1.29, 1.82) is 0 Å². The second-order valence-electron chi connectivity index (χ2n) is 8.97. The molecule has 0 aromatic heterocycles. The number of hydrogen-bond donors (Lipinski definition) is 1. The molecule has 3 aromatic rings. The number of hydrogen-bond acceptors (Lipinski definition) is 7. The highest BCUT2D eigenvalue weighted by Crippen LogP contribution is 2.35. The van der Waals surface area contributed by atoms with Gasteiger partial charge in [-0.05, 0) is 104 Å². The Morgan fingerprint density at radius 1 is 0.950 bits per heavy atom. The van der Waals surface area contributed by atoms with Crippen molar-refractivity contribution >= 4 is 58.0 Å². The summed E-state index contributed by atoms with van der Waals surface area (Å²) in [6.07, 6.45) is 1.55. The van der Waals surface area contributed by atoms with E-state index >= 15 is 0 Å². The highest BCUT2D eigenvalue weighted by molar-refractivity contribution is 8.18. The van der Waals surface area contributed by atoms with Gasteiger partial charge in [-0.25, -0.2) is 0 Å². The number of ketones is 1. The Balaban J connectivity index is 1.42. The van der Waals surface area contributed by atoms with E-state index in [4.69, 9.17) is 21.1 Å². The lowest BCUT2D eigenvalue weighted by atomic mass is 10.1. The van der Waals surface area contributed by atoms with E-state index in [2.05, 4.69) is 5.32 Å². The van der Waals surface area contributed by atoms with Gasteiger partial charge in [0.25, 0.3) is 17.1 Å². The van der Waals surface area contributed by atoms with Gasteiger partial charge in [0.2, 0.25) is 0 Å². The molecular formula is C30H27ClN2O6S. The molecule has 206 valence electrons. The summed E-state index contributed by atoms with van der Waals surface area (Å²) in [6.45, 7) is 5.53. The number of nitrogens with one attached hydrogen (secondary N) is 1. The van der Waals surface area contributed by atoms with Gasteiger partial charge in [0.15, 0.2) is 23.9 Å². The van der Waals surface area contributed by atoms with Crippen LogP contribution in [0.15, 0.2) is 65.6 Å². The molecule has 1 N–H and O–H groups in total. The SMILES string of the molecule is CCOc1cc(/C=C2/SC(=O)N(CC(=O)c3ccc(Cl)cc3)C2=O)ccc1OCC(=O)Nc1ccc(C)c(C)c1. The van der Waals surface area contributed by atoms with Gasteiger partial charge in [-0.2, -0.15) is 0 Å². The molecular weight excluding hydrogens is 552 g/mol. The Hall–Kier alpha value is -4.08. The summed E-state index contributed by atoms with van der Waals surface area (Å²) in [7, 11) is 0. The van der Waals surface area contributed by atoms with Crippen molar-refractivity contribution < 1.29 is 28.7 Å². The lowest BCUT2D eigenvalue weighted by Gasteiger charge is -2.13. The first-order chi connectivity index (χ1) is 19.1. The molecule has 4 rings (SSSR count). The molecule has 8 nitrogen and oxygen atoms in total. The third-order valence-corrected chi connectivity index (χ3v) is 7.22. The molecule has 0 radical (unpaired) electrons. The Morgan fingerprint density at radius 3 is 2.40 bits per heavy atom. The van der Waals surface area contributed by atoms with Crippen LogP contribution in [0.2, 0.25) is 5.02 Å². The summed E-state index contributed by atoms with van der Waals surface area (Å²) in [6, 6.07) is 16.9. The molecule has 1 aliphatic rings. The van der Waals surface area contributed by atoms with E-state index in [1.807, 2.05) is 39.0 Å². The smallest absolute Gasteiger partial charge is 0.293 e. The number of imide groups is 1. The predicted octanol–water partition coefficient (Wildman–Crippen LogP) is 6.29. The fourth-order valence-electron chi connectivity index (χ4n) is 3.82. The van der Waals surface area contributed by atoms with Crippen molar-refractivity contribution in [1.82, 2.24) is 4.90 Å². The van der Waals surface area contributed by atoms with Crippen molar-refractivity contribution in [3.63, 3.8) is 0 Å². The van der Waals surface area contributed by atoms with Crippen LogP contribution in [0.25, 0.3) is 6.08 Å². The van der Waals surface area contributed by atoms with Gasteiger partial charge in [0.1, 0.15) is 0 Å². The molecule has 10 heteroatoms. The number of rotatable bonds is 10. The number of halogens is 1. The quantitative estimate of drug-likeness (QED) is 0.223. The van der Waals surface area contributed by atoms with E-state index in [-0.39, 0.29) is 29.7 Å². The predicted molar refractivity (Wildman–Crippen MR) is 156 cm³/mol. The van der Waals surface area contributed by atoms with E-state index in [1.165, 1.54) is 0 Å². The average molecular weight is 579 g/mol. The number of anilines is 1. The Bertz CT molecular complexity index is 1500. The summed E-state index contributed by atoms with van der Waals surface area (Å²) in [5.41, 5.74) is 3.82. The van der Waals surface area contributed by atoms with Crippen molar-refractivity contribution in [2.75, 3.05) is 25.1 Å². The normalized spacial score (nSPS) is 14.0. The number of ether oxygens (including phenoxy) is 2. The lowest BCUT2D eigenvalue weighted by Crippen LogP contribution is -2.33. The second kappa shape index (κ2) is 12.8. The maximum Gasteiger partial charge on any atom is 0.293 e. The van der Waals surface area contributed by atoms with Gasteiger partial charge in [-0.1, -0.05) is 23.7 Å². The molecule has 3 aromatic carbocycles. The summed E-state index contributed by atoms with van der Waals surface area (Å²) in [5.74, 6) is -0.514. The molecule has 0 atom stereocenters. The van der Waals surface area contributed by atoms with Crippen molar-refractivity contribution in [2.45, 2.75) is 20.8 Å². The Morgan fingerprint density at radius 2 is 1.70 bits per heavy atom. The number of thioether (sulfide) groups is 1. The number of carbonyl (C=O) groups excluding carboxylic acids is 4. The largest absolute Gasteiger partial charge is 0.490 e. The number of amides is 3. The molecule has 40 heavy (non-hydrogen) atoms. The number of nitrogens with zero attached hydrogens (tertiary/aromatic N) is 1. The molecule has 1 saturated heterocycles. The maximum atomic E-state index is 12.9. The first-order valence-corrected chi connectivity index (χ1v) is 13.6. The number of benzene rings is 3. The number of aryl methyl sites for hydroxylation is 2. The highest BCUT2D eigenvalue weighted by atomic mass is 35.5. The van der Waals surface area contributed by atoms with Crippen molar-refractivity contribution in [3.05, 3.63) is 92.8 Å². The van der Waals surface area contributed by atoms with Crippen LogP contribution in [0.1, 0.15) is 34.0 Å². The first-order valence-electron chi connectivity index (χ1n) is 12.5. The van der Waals surface area contributed by atoms with Crippen LogP contribution in [0.5, 0.6) is 11.5 Å². The number of carbonyl (C=O) groups is 4. The van der Waals surface area contributed by atoms with E-state index < -0.39 is 11.1 Å². The minimum Gasteiger partial charge on any atom is -0.490 e. The molecule has 3 amide bonds. The van der Waals surface area contributed by atoms with Crippen LogP contribution in [0.4, 0.5) is 10.5 Å². The van der Waals surface area contributed by atoms with Gasteiger partial charge >= 0.3 is 0 Å². The van der Waals surface area contributed by atoms with Crippen LogP contribution in [-0.2, 0) is 9.59 Å². The van der Waals surface area contributed by atoms with E-state index in [0.717, 1.165) is 27.8 Å². The minimum absolute atomic E-state index is 0.179. The fourth-order valence-corrected chi connectivity index (χ4v) is 4.78. The molecule has 0 bridgehead atoms. The minimum atomic E-state index is -0.557. The van der Waals surface area contributed by atoms with Gasteiger partial charge in [-0.15, -0.1) is 0 Å². The molecule has 0 saturated carbocycles. The Labute approximate surface area is 241 Å². The lowest BCUT2D eigenvalue weighted by molar-refractivity contribution is -0.122. The average Bonchev–Trinajstić information content (AvgIpc) is 3.18. The van der Waals surface area contributed by atoms with E-state index in [1.54, 1.807) is 48.5 Å².